The zero-order valence-corrected chi connectivity index (χ0v) is 27.6. The number of aryl methyl sites for hydroxylation is 2. The first-order valence-electron chi connectivity index (χ1n) is 16.5. The molecular formula is C37H52N4O3. The van der Waals surface area contributed by atoms with E-state index in [1.807, 2.05) is 32.9 Å². The Morgan fingerprint density at radius 2 is 1.75 bits per heavy atom. The van der Waals surface area contributed by atoms with Crippen molar-refractivity contribution in [2.45, 2.75) is 105 Å². The number of carbonyl (C=O) groups excluding carboxylic acids is 1. The van der Waals surface area contributed by atoms with Gasteiger partial charge in [-0.15, -0.1) is 0 Å². The maximum absolute atomic E-state index is 13.8. The quantitative estimate of drug-likeness (QED) is 0.205. The molecule has 1 aliphatic rings. The number of hydrogen-bond acceptors (Lipinski definition) is 5. The maximum Gasteiger partial charge on any atom is 0.253 e. The number of benzene rings is 2. The molecule has 0 spiro atoms. The first kappa shape index (κ1) is 33.5. The molecule has 3 N–H and O–H groups in total. The van der Waals surface area contributed by atoms with Gasteiger partial charge < -0.3 is 20.3 Å². The number of β-amino-alcohol motifs (C(OH)–C–C–N with tert-alkyl or cyclic N) is 1. The molecular weight excluding hydrogens is 548 g/mol. The first-order chi connectivity index (χ1) is 21.1. The number of aliphatic hydroxyl groups excluding tert-OH is 1. The zero-order chi connectivity index (χ0) is 31.8. The molecule has 4 rings (SSSR count). The van der Waals surface area contributed by atoms with Crippen LogP contribution in [-0.4, -0.2) is 52.7 Å². The van der Waals surface area contributed by atoms with Crippen molar-refractivity contribution in [2.24, 2.45) is 0 Å². The van der Waals surface area contributed by atoms with E-state index in [9.17, 15) is 14.7 Å². The van der Waals surface area contributed by atoms with Crippen molar-refractivity contribution < 1.29 is 9.90 Å². The minimum atomic E-state index is -0.238. The number of aromatic nitrogens is 1. The van der Waals surface area contributed by atoms with Gasteiger partial charge in [0, 0.05) is 54.7 Å². The van der Waals surface area contributed by atoms with Gasteiger partial charge in [-0.25, -0.2) is 0 Å². The van der Waals surface area contributed by atoms with E-state index in [1.165, 1.54) is 5.56 Å². The molecule has 7 heteroatoms. The predicted octanol–water partition coefficient (Wildman–Crippen LogP) is 6.65. The average molecular weight is 601 g/mol. The van der Waals surface area contributed by atoms with E-state index in [4.69, 9.17) is 0 Å². The smallest absolute Gasteiger partial charge is 0.253 e. The summed E-state index contributed by atoms with van der Waals surface area (Å²) in [6, 6.07) is 15.2. The Labute approximate surface area is 263 Å². The number of likely N-dealkylation sites (tertiary alicyclic amines) is 1. The molecule has 3 aromatic rings. The number of pyridine rings is 1. The van der Waals surface area contributed by atoms with Gasteiger partial charge in [0.15, 0.2) is 0 Å². The van der Waals surface area contributed by atoms with Crippen LogP contribution in [0.1, 0.15) is 97.6 Å². The Bertz CT molecular complexity index is 1460. The summed E-state index contributed by atoms with van der Waals surface area (Å²) in [6.45, 7) is 16.1. The van der Waals surface area contributed by atoms with Crippen LogP contribution in [0.15, 0.2) is 47.3 Å². The second-order valence-corrected chi connectivity index (χ2v) is 12.5. The highest BCUT2D eigenvalue weighted by atomic mass is 16.3. The molecule has 0 saturated carbocycles. The van der Waals surface area contributed by atoms with Gasteiger partial charge in [0.2, 0.25) is 0 Å². The van der Waals surface area contributed by atoms with E-state index < -0.39 is 0 Å². The molecule has 1 fully saturated rings. The molecule has 2 heterocycles. The largest absolute Gasteiger partial charge is 0.392 e. The van der Waals surface area contributed by atoms with Crippen molar-refractivity contribution in [1.29, 1.82) is 0 Å². The Morgan fingerprint density at radius 1 is 1.05 bits per heavy atom. The van der Waals surface area contributed by atoms with Gasteiger partial charge in [-0.2, -0.15) is 0 Å². The first-order valence-corrected chi connectivity index (χ1v) is 16.5. The summed E-state index contributed by atoms with van der Waals surface area (Å²) in [5.74, 6) is -0.177. The van der Waals surface area contributed by atoms with Crippen LogP contribution in [0.5, 0.6) is 0 Å². The normalized spacial score (nSPS) is 15.5. The van der Waals surface area contributed by atoms with Gasteiger partial charge in [-0.05, 0) is 106 Å². The molecule has 0 radical (unpaired) electrons. The molecule has 238 valence electrons. The summed E-state index contributed by atoms with van der Waals surface area (Å²) >= 11 is 0. The number of H-pyrrole nitrogens is 1. The Kier molecular flexibility index (Phi) is 11.8. The number of hydrogen-bond donors (Lipinski definition) is 3. The third-order valence-corrected chi connectivity index (χ3v) is 9.05. The number of piperidine rings is 1. The highest BCUT2D eigenvalue weighted by Crippen LogP contribution is 2.34. The predicted molar refractivity (Wildman–Crippen MR) is 181 cm³/mol. The van der Waals surface area contributed by atoms with Crippen LogP contribution in [0.4, 0.5) is 5.69 Å². The van der Waals surface area contributed by atoms with Crippen LogP contribution >= 0.6 is 0 Å². The summed E-state index contributed by atoms with van der Waals surface area (Å²) in [4.78, 5) is 34.1. The highest BCUT2D eigenvalue weighted by Gasteiger charge is 2.23. The van der Waals surface area contributed by atoms with E-state index in [2.05, 4.69) is 71.2 Å². The summed E-state index contributed by atoms with van der Waals surface area (Å²) < 4.78 is 0. The minimum absolute atomic E-state index is 0.160. The Morgan fingerprint density at radius 3 is 2.36 bits per heavy atom. The molecule has 0 bridgehead atoms. The Balaban J connectivity index is 1.69. The molecule has 1 saturated heterocycles. The van der Waals surface area contributed by atoms with Gasteiger partial charge in [0.1, 0.15) is 0 Å². The van der Waals surface area contributed by atoms with Gasteiger partial charge >= 0.3 is 0 Å². The number of anilines is 1. The molecule has 1 aliphatic heterocycles. The molecule has 0 aliphatic carbocycles. The van der Waals surface area contributed by atoms with Gasteiger partial charge in [-0.1, -0.05) is 51.0 Å². The van der Waals surface area contributed by atoms with Crippen molar-refractivity contribution in [1.82, 2.24) is 15.2 Å². The van der Waals surface area contributed by atoms with Gasteiger partial charge in [0.05, 0.1) is 6.10 Å². The fourth-order valence-corrected chi connectivity index (χ4v) is 6.75. The second kappa shape index (κ2) is 15.5. The van der Waals surface area contributed by atoms with E-state index in [-0.39, 0.29) is 24.1 Å². The molecule has 0 unspecified atom stereocenters. The number of nitrogens with zero attached hydrogens (tertiary/aromatic N) is 2. The molecule has 44 heavy (non-hydrogen) atoms. The van der Waals surface area contributed by atoms with Crippen molar-refractivity contribution >= 4 is 11.6 Å². The lowest BCUT2D eigenvalue weighted by atomic mass is 9.94. The lowest BCUT2D eigenvalue weighted by Gasteiger charge is -2.35. The van der Waals surface area contributed by atoms with Crippen LogP contribution in [-0.2, 0) is 13.1 Å². The standard InChI is InChI=1S/C37H52N4O3/c1-7-11-31(12-8-2)41(9-3)35-21-30(29-16-14-28(15-17-29)23-40-18-10-13-32(42)24-40)20-33(27(35)6)36(43)38-22-34-25(4)19-26(5)39-37(34)44/h14-17,19-21,31-32,42H,7-13,18,22-24H2,1-6H3,(H,38,43)(H,39,44)/t32-/m1/s1. The number of amides is 1. The van der Waals surface area contributed by atoms with Gasteiger partial charge in [0.25, 0.3) is 11.5 Å². The van der Waals surface area contributed by atoms with Crippen LogP contribution in [0.3, 0.4) is 0 Å². The Hall–Kier alpha value is -3.42. The van der Waals surface area contributed by atoms with Crippen molar-refractivity contribution in [2.75, 3.05) is 24.5 Å². The maximum atomic E-state index is 13.8. The van der Waals surface area contributed by atoms with E-state index in [1.54, 1.807) is 0 Å². The van der Waals surface area contributed by atoms with E-state index in [0.29, 0.717) is 17.2 Å². The molecule has 1 atom stereocenters. The zero-order valence-electron chi connectivity index (χ0n) is 27.6. The SMILES string of the molecule is CCCC(CCC)N(CC)c1cc(-c2ccc(CN3CCC[C@@H](O)C3)cc2)cc(C(=O)NCc2c(C)cc(C)[nH]c2=O)c1C. The molecule has 1 amide bonds. The summed E-state index contributed by atoms with van der Waals surface area (Å²) in [6.07, 6.45) is 6.08. The van der Waals surface area contributed by atoms with Crippen LogP contribution in [0, 0.1) is 20.8 Å². The van der Waals surface area contributed by atoms with Crippen LogP contribution < -0.4 is 15.8 Å². The number of rotatable bonds is 13. The third-order valence-electron chi connectivity index (χ3n) is 9.05. The van der Waals surface area contributed by atoms with Crippen molar-refractivity contribution in [3.63, 3.8) is 0 Å². The van der Waals surface area contributed by atoms with Crippen molar-refractivity contribution in [3.8, 4) is 11.1 Å². The van der Waals surface area contributed by atoms with Gasteiger partial charge in [-0.3, -0.25) is 14.5 Å². The topological polar surface area (TPSA) is 88.7 Å². The molecule has 1 aromatic heterocycles. The summed E-state index contributed by atoms with van der Waals surface area (Å²) in [5, 5.41) is 13.1. The number of carbonyl (C=O) groups is 1. The monoisotopic (exact) mass is 600 g/mol. The van der Waals surface area contributed by atoms with Crippen LogP contribution in [0.25, 0.3) is 11.1 Å². The lowest BCUT2D eigenvalue weighted by molar-refractivity contribution is 0.0668. The molecule has 2 aromatic carbocycles. The average Bonchev–Trinajstić information content (AvgIpc) is 2.98. The fourth-order valence-electron chi connectivity index (χ4n) is 6.75. The highest BCUT2D eigenvalue weighted by molar-refractivity contribution is 5.99. The fraction of sp³-hybridized carbons (Fsp3) is 0.514. The molecule has 7 nitrogen and oxygen atoms in total. The summed E-state index contributed by atoms with van der Waals surface area (Å²) in [5.41, 5.74) is 8.07. The summed E-state index contributed by atoms with van der Waals surface area (Å²) in [7, 11) is 0. The second-order valence-electron chi connectivity index (χ2n) is 12.5. The number of aliphatic hydroxyl groups is 1. The minimum Gasteiger partial charge on any atom is -0.392 e. The third kappa shape index (κ3) is 8.19. The van der Waals surface area contributed by atoms with Crippen LogP contribution in [0.2, 0.25) is 0 Å². The number of nitrogens with one attached hydrogen (secondary N) is 2. The van der Waals surface area contributed by atoms with E-state index >= 15 is 0 Å². The van der Waals surface area contributed by atoms with Crippen molar-refractivity contribution in [3.05, 3.63) is 86.3 Å². The van der Waals surface area contributed by atoms with E-state index in [0.717, 1.165) is 98.3 Å². The number of aromatic amines is 1. The lowest BCUT2D eigenvalue weighted by Crippen LogP contribution is -2.37.